The molecule has 1 aliphatic rings. The smallest absolute Gasteiger partial charge is 0.254 e. The first-order valence-electron chi connectivity index (χ1n) is 6.49. The Morgan fingerprint density at radius 1 is 1.53 bits per heavy atom. The van der Waals surface area contributed by atoms with Gasteiger partial charge in [0.25, 0.3) is 10.0 Å². The van der Waals surface area contributed by atoms with Crippen LogP contribution in [0.2, 0.25) is 0 Å². The SMILES string of the molecule is CCc1ncc(S(=O)(=O)N2CCOCC2(C)CC)s1. The van der Waals surface area contributed by atoms with Crippen LogP contribution in [-0.2, 0) is 21.2 Å². The zero-order valence-electron chi connectivity index (χ0n) is 11.5. The molecule has 0 bridgehead atoms. The third-order valence-corrected chi connectivity index (χ3v) is 7.23. The van der Waals surface area contributed by atoms with Crippen LogP contribution in [0.3, 0.4) is 0 Å². The van der Waals surface area contributed by atoms with E-state index < -0.39 is 15.6 Å². The highest BCUT2D eigenvalue weighted by Crippen LogP contribution is 2.32. The van der Waals surface area contributed by atoms with Crippen molar-refractivity contribution in [1.29, 1.82) is 0 Å². The molecule has 1 aliphatic heterocycles. The summed E-state index contributed by atoms with van der Waals surface area (Å²) in [6.07, 6.45) is 2.96. The van der Waals surface area contributed by atoms with E-state index in [1.165, 1.54) is 17.5 Å². The van der Waals surface area contributed by atoms with Gasteiger partial charge in [0.05, 0.1) is 30.0 Å². The minimum Gasteiger partial charge on any atom is -0.378 e. The molecule has 108 valence electrons. The van der Waals surface area contributed by atoms with Gasteiger partial charge < -0.3 is 4.74 Å². The molecule has 0 aromatic carbocycles. The molecule has 1 saturated heterocycles. The van der Waals surface area contributed by atoms with Gasteiger partial charge in [-0.2, -0.15) is 4.31 Å². The minimum atomic E-state index is -3.46. The first kappa shape index (κ1) is 14.9. The first-order chi connectivity index (χ1) is 8.94. The van der Waals surface area contributed by atoms with Crippen molar-refractivity contribution in [2.24, 2.45) is 0 Å². The molecular formula is C12H20N2O3S2. The maximum atomic E-state index is 12.7. The summed E-state index contributed by atoms with van der Waals surface area (Å²) in [5.41, 5.74) is -0.465. The maximum Gasteiger partial charge on any atom is 0.254 e. The Kier molecular flexibility index (Phi) is 4.29. The van der Waals surface area contributed by atoms with E-state index in [4.69, 9.17) is 4.74 Å². The van der Waals surface area contributed by atoms with Gasteiger partial charge in [-0.1, -0.05) is 13.8 Å². The van der Waals surface area contributed by atoms with E-state index in [1.807, 2.05) is 20.8 Å². The molecule has 19 heavy (non-hydrogen) atoms. The highest BCUT2D eigenvalue weighted by atomic mass is 32.2. The van der Waals surface area contributed by atoms with Crippen LogP contribution in [0.15, 0.2) is 10.4 Å². The summed E-state index contributed by atoms with van der Waals surface area (Å²) in [7, 11) is -3.46. The van der Waals surface area contributed by atoms with E-state index in [9.17, 15) is 8.42 Å². The zero-order chi connectivity index (χ0) is 14.1. The second kappa shape index (κ2) is 5.47. The van der Waals surface area contributed by atoms with E-state index in [1.54, 1.807) is 4.31 Å². The topological polar surface area (TPSA) is 59.5 Å². The van der Waals surface area contributed by atoms with Crippen LogP contribution >= 0.6 is 11.3 Å². The molecule has 1 atom stereocenters. The standard InChI is InChI=1S/C12H20N2O3S2/c1-4-10-13-8-11(18-10)19(15,16)14-6-7-17-9-12(14,3)5-2/h8H,4-7,9H2,1-3H3. The van der Waals surface area contributed by atoms with Crippen molar-refractivity contribution in [3.05, 3.63) is 11.2 Å². The molecule has 0 aliphatic carbocycles. The fourth-order valence-electron chi connectivity index (χ4n) is 2.15. The molecule has 1 unspecified atom stereocenters. The molecule has 1 aromatic rings. The number of sulfonamides is 1. The maximum absolute atomic E-state index is 12.7. The van der Waals surface area contributed by atoms with Gasteiger partial charge in [0.1, 0.15) is 0 Å². The van der Waals surface area contributed by atoms with Crippen LogP contribution in [0.5, 0.6) is 0 Å². The summed E-state index contributed by atoms with van der Waals surface area (Å²) in [4.78, 5) is 4.15. The van der Waals surface area contributed by atoms with Crippen LogP contribution in [0.25, 0.3) is 0 Å². The Morgan fingerprint density at radius 2 is 2.26 bits per heavy atom. The Morgan fingerprint density at radius 3 is 2.84 bits per heavy atom. The Balaban J connectivity index is 2.37. The molecule has 0 radical (unpaired) electrons. The van der Waals surface area contributed by atoms with E-state index in [0.717, 1.165) is 17.8 Å². The van der Waals surface area contributed by atoms with Crippen LogP contribution in [-0.4, -0.2) is 43.0 Å². The number of aryl methyl sites for hydroxylation is 1. The Labute approximate surface area is 118 Å². The second-order valence-electron chi connectivity index (χ2n) is 4.91. The normalized spacial score (nSPS) is 25.6. The number of nitrogens with zero attached hydrogens (tertiary/aromatic N) is 2. The fourth-order valence-corrected chi connectivity index (χ4v) is 5.20. The number of morpholine rings is 1. The van der Waals surface area contributed by atoms with Gasteiger partial charge in [0.15, 0.2) is 4.21 Å². The molecule has 0 spiro atoms. The average Bonchev–Trinajstić information content (AvgIpc) is 2.88. The molecule has 0 amide bonds. The fraction of sp³-hybridized carbons (Fsp3) is 0.750. The summed E-state index contributed by atoms with van der Waals surface area (Å²) in [6, 6.07) is 0. The number of rotatable bonds is 4. The van der Waals surface area contributed by atoms with Crippen molar-refractivity contribution in [3.8, 4) is 0 Å². The molecule has 0 N–H and O–H groups in total. The molecule has 7 heteroatoms. The van der Waals surface area contributed by atoms with Crippen molar-refractivity contribution in [2.45, 2.75) is 43.4 Å². The monoisotopic (exact) mass is 304 g/mol. The third-order valence-electron chi connectivity index (χ3n) is 3.59. The molecule has 2 rings (SSSR count). The summed E-state index contributed by atoms with van der Waals surface area (Å²) in [6.45, 7) is 7.20. The largest absolute Gasteiger partial charge is 0.378 e. The van der Waals surface area contributed by atoms with Gasteiger partial charge in [0.2, 0.25) is 0 Å². The minimum absolute atomic E-state index is 0.339. The van der Waals surface area contributed by atoms with Crippen molar-refractivity contribution in [3.63, 3.8) is 0 Å². The van der Waals surface area contributed by atoms with Crippen LogP contribution in [0.1, 0.15) is 32.2 Å². The average molecular weight is 304 g/mol. The summed E-state index contributed by atoms with van der Waals surface area (Å²) in [5, 5.41) is 0.852. The quantitative estimate of drug-likeness (QED) is 0.852. The van der Waals surface area contributed by atoms with E-state index in [2.05, 4.69) is 4.98 Å². The highest BCUT2D eigenvalue weighted by Gasteiger charge is 2.42. The highest BCUT2D eigenvalue weighted by molar-refractivity contribution is 7.91. The Hall–Kier alpha value is -0.500. The summed E-state index contributed by atoms with van der Waals surface area (Å²) >= 11 is 1.26. The second-order valence-corrected chi connectivity index (χ2v) is 8.11. The summed E-state index contributed by atoms with van der Waals surface area (Å²) in [5.74, 6) is 0. The van der Waals surface area contributed by atoms with Crippen molar-refractivity contribution in [2.75, 3.05) is 19.8 Å². The first-order valence-corrected chi connectivity index (χ1v) is 8.75. The molecule has 1 aromatic heterocycles. The third kappa shape index (κ3) is 2.69. The van der Waals surface area contributed by atoms with Crippen molar-refractivity contribution < 1.29 is 13.2 Å². The van der Waals surface area contributed by atoms with Gasteiger partial charge >= 0.3 is 0 Å². The van der Waals surface area contributed by atoms with Gasteiger partial charge in [-0.25, -0.2) is 13.4 Å². The van der Waals surface area contributed by atoms with Crippen LogP contribution in [0, 0.1) is 0 Å². The van der Waals surface area contributed by atoms with E-state index >= 15 is 0 Å². The van der Waals surface area contributed by atoms with Crippen molar-refractivity contribution in [1.82, 2.24) is 9.29 Å². The lowest BCUT2D eigenvalue weighted by Gasteiger charge is -2.42. The van der Waals surface area contributed by atoms with E-state index in [-0.39, 0.29) is 0 Å². The summed E-state index contributed by atoms with van der Waals surface area (Å²) < 4.78 is 32.8. The van der Waals surface area contributed by atoms with Gasteiger partial charge in [-0.05, 0) is 19.8 Å². The lowest BCUT2D eigenvalue weighted by molar-refractivity contribution is -0.0185. The van der Waals surface area contributed by atoms with Crippen LogP contribution in [0.4, 0.5) is 0 Å². The molecule has 0 saturated carbocycles. The molecule has 1 fully saturated rings. The zero-order valence-corrected chi connectivity index (χ0v) is 13.2. The lowest BCUT2D eigenvalue weighted by atomic mass is 9.99. The van der Waals surface area contributed by atoms with Crippen molar-refractivity contribution >= 4 is 21.4 Å². The predicted octanol–water partition coefficient (Wildman–Crippen LogP) is 1.90. The Bertz CT molecular complexity index is 541. The predicted molar refractivity (Wildman–Crippen MR) is 74.9 cm³/mol. The number of aromatic nitrogens is 1. The molecule has 5 nitrogen and oxygen atoms in total. The molecule has 2 heterocycles. The lowest BCUT2D eigenvalue weighted by Crippen LogP contribution is -2.56. The molecular weight excluding hydrogens is 284 g/mol. The van der Waals surface area contributed by atoms with Crippen LogP contribution < -0.4 is 0 Å². The van der Waals surface area contributed by atoms with Gasteiger partial charge in [-0.3, -0.25) is 0 Å². The number of thiazole rings is 1. The van der Waals surface area contributed by atoms with Gasteiger partial charge in [-0.15, -0.1) is 11.3 Å². The number of hydrogen-bond acceptors (Lipinski definition) is 5. The van der Waals surface area contributed by atoms with E-state index in [0.29, 0.717) is 24.0 Å². The van der Waals surface area contributed by atoms with Gasteiger partial charge in [0, 0.05) is 6.54 Å². The number of hydrogen-bond donors (Lipinski definition) is 0. The number of ether oxygens (including phenoxy) is 1.